The molecule has 1 aliphatic rings. The van der Waals surface area contributed by atoms with E-state index in [0.29, 0.717) is 24.8 Å². The van der Waals surface area contributed by atoms with Gasteiger partial charge in [0, 0.05) is 38.4 Å². The second-order valence-electron chi connectivity index (χ2n) is 4.43. The number of carbonyl (C=O) groups is 1. The molecule has 1 aromatic heterocycles. The zero-order valence-corrected chi connectivity index (χ0v) is 10.7. The van der Waals surface area contributed by atoms with Crippen molar-refractivity contribution in [3.63, 3.8) is 0 Å². The van der Waals surface area contributed by atoms with Crippen molar-refractivity contribution in [3.05, 3.63) is 29.0 Å². The van der Waals surface area contributed by atoms with Crippen LogP contribution < -0.4 is 5.32 Å². The minimum Gasteiger partial charge on any atom is -0.396 e. The molecule has 1 saturated heterocycles. The van der Waals surface area contributed by atoms with E-state index >= 15 is 0 Å². The van der Waals surface area contributed by atoms with E-state index < -0.39 is 0 Å². The van der Waals surface area contributed by atoms with Crippen molar-refractivity contribution in [2.45, 2.75) is 13.0 Å². The standard InChI is InChI=1S/C12H16ClN3O2/c13-11-2-1-9(5-14-11)6-15-12(18)16-4-3-10(7-16)8-17/h1-2,5,10,17H,3-4,6-8H2,(H,15,18). The Bertz CT molecular complexity index is 410. The van der Waals surface area contributed by atoms with E-state index in [1.54, 1.807) is 17.2 Å². The molecule has 98 valence electrons. The summed E-state index contributed by atoms with van der Waals surface area (Å²) in [4.78, 5) is 17.5. The van der Waals surface area contributed by atoms with Crippen LogP contribution in [0.25, 0.3) is 0 Å². The molecule has 1 fully saturated rings. The molecule has 1 aromatic rings. The highest BCUT2D eigenvalue weighted by Crippen LogP contribution is 2.15. The SMILES string of the molecule is O=C(NCc1ccc(Cl)nc1)N1CCC(CO)C1. The average molecular weight is 270 g/mol. The number of rotatable bonds is 3. The molecule has 2 N–H and O–H groups in total. The van der Waals surface area contributed by atoms with Gasteiger partial charge in [-0.15, -0.1) is 0 Å². The number of hydrogen-bond donors (Lipinski definition) is 2. The predicted octanol–water partition coefficient (Wildman–Crippen LogP) is 1.26. The highest BCUT2D eigenvalue weighted by Gasteiger charge is 2.25. The quantitative estimate of drug-likeness (QED) is 0.812. The van der Waals surface area contributed by atoms with E-state index in [9.17, 15) is 4.79 Å². The molecule has 1 unspecified atom stereocenters. The molecule has 1 aliphatic heterocycles. The lowest BCUT2D eigenvalue weighted by Crippen LogP contribution is -2.38. The summed E-state index contributed by atoms with van der Waals surface area (Å²) in [6.45, 7) is 1.91. The van der Waals surface area contributed by atoms with Crippen LogP contribution in [0.4, 0.5) is 4.79 Å². The van der Waals surface area contributed by atoms with Crippen LogP contribution >= 0.6 is 11.6 Å². The van der Waals surface area contributed by atoms with Crippen molar-refractivity contribution in [2.24, 2.45) is 5.92 Å². The van der Waals surface area contributed by atoms with Crippen molar-refractivity contribution in [1.29, 1.82) is 0 Å². The molecule has 0 bridgehead atoms. The fraction of sp³-hybridized carbons (Fsp3) is 0.500. The lowest BCUT2D eigenvalue weighted by molar-refractivity contribution is 0.198. The Labute approximate surface area is 111 Å². The van der Waals surface area contributed by atoms with Gasteiger partial charge in [0.15, 0.2) is 0 Å². The predicted molar refractivity (Wildman–Crippen MR) is 68.2 cm³/mol. The van der Waals surface area contributed by atoms with Gasteiger partial charge in [-0.2, -0.15) is 0 Å². The van der Waals surface area contributed by atoms with Crippen LogP contribution in [0.1, 0.15) is 12.0 Å². The molecule has 2 rings (SSSR count). The molecule has 18 heavy (non-hydrogen) atoms. The minimum atomic E-state index is -0.0964. The first-order valence-corrected chi connectivity index (χ1v) is 6.31. The fourth-order valence-electron chi connectivity index (χ4n) is 1.97. The number of halogens is 1. The summed E-state index contributed by atoms with van der Waals surface area (Å²) in [7, 11) is 0. The number of urea groups is 1. The lowest BCUT2D eigenvalue weighted by atomic mass is 10.1. The lowest BCUT2D eigenvalue weighted by Gasteiger charge is -2.17. The van der Waals surface area contributed by atoms with Crippen LogP contribution in [0.3, 0.4) is 0 Å². The van der Waals surface area contributed by atoms with Crippen molar-refractivity contribution in [2.75, 3.05) is 19.7 Å². The van der Waals surface area contributed by atoms with E-state index in [1.165, 1.54) is 0 Å². The molecule has 0 aliphatic carbocycles. The summed E-state index contributed by atoms with van der Waals surface area (Å²) < 4.78 is 0. The van der Waals surface area contributed by atoms with E-state index in [4.69, 9.17) is 16.7 Å². The van der Waals surface area contributed by atoms with Crippen molar-refractivity contribution >= 4 is 17.6 Å². The second-order valence-corrected chi connectivity index (χ2v) is 4.82. The molecular formula is C12H16ClN3O2. The summed E-state index contributed by atoms with van der Waals surface area (Å²) in [6.07, 6.45) is 2.51. The number of aliphatic hydroxyl groups is 1. The van der Waals surface area contributed by atoms with Gasteiger partial charge in [-0.25, -0.2) is 9.78 Å². The maximum Gasteiger partial charge on any atom is 0.317 e. The maximum absolute atomic E-state index is 11.8. The highest BCUT2D eigenvalue weighted by atomic mass is 35.5. The number of aromatic nitrogens is 1. The van der Waals surface area contributed by atoms with E-state index in [2.05, 4.69) is 10.3 Å². The Balaban J connectivity index is 1.80. The number of hydrogen-bond acceptors (Lipinski definition) is 3. The minimum absolute atomic E-state index is 0.0964. The van der Waals surface area contributed by atoms with Gasteiger partial charge in [0.1, 0.15) is 5.15 Å². The largest absolute Gasteiger partial charge is 0.396 e. The summed E-state index contributed by atoms with van der Waals surface area (Å²) >= 11 is 5.68. The van der Waals surface area contributed by atoms with Crippen molar-refractivity contribution in [1.82, 2.24) is 15.2 Å². The van der Waals surface area contributed by atoms with Crippen LogP contribution in [0.5, 0.6) is 0 Å². The van der Waals surface area contributed by atoms with Crippen LogP contribution in [-0.4, -0.2) is 40.7 Å². The van der Waals surface area contributed by atoms with Crippen LogP contribution in [0, 0.1) is 5.92 Å². The number of carbonyl (C=O) groups excluding carboxylic acids is 1. The molecule has 1 atom stereocenters. The highest BCUT2D eigenvalue weighted by molar-refractivity contribution is 6.29. The Morgan fingerprint density at radius 3 is 3.06 bits per heavy atom. The van der Waals surface area contributed by atoms with Crippen LogP contribution in [-0.2, 0) is 6.54 Å². The molecule has 6 heteroatoms. The molecule has 0 spiro atoms. The van der Waals surface area contributed by atoms with Gasteiger partial charge in [0.05, 0.1) is 0 Å². The normalized spacial score (nSPS) is 19.0. The monoisotopic (exact) mass is 269 g/mol. The third kappa shape index (κ3) is 3.34. The van der Waals surface area contributed by atoms with Crippen LogP contribution in [0.15, 0.2) is 18.3 Å². The van der Waals surface area contributed by atoms with Gasteiger partial charge in [0.25, 0.3) is 0 Å². The molecule has 2 heterocycles. The maximum atomic E-state index is 11.8. The van der Waals surface area contributed by atoms with Gasteiger partial charge in [0.2, 0.25) is 0 Å². The number of aliphatic hydroxyl groups excluding tert-OH is 1. The molecule has 0 radical (unpaired) electrons. The number of nitrogens with zero attached hydrogens (tertiary/aromatic N) is 2. The molecular weight excluding hydrogens is 254 g/mol. The first-order chi connectivity index (χ1) is 8.69. The summed E-state index contributed by atoms with van der Waals surface area (Å²) in [5, 5.41) is 12.3. The summed E-state index contributed by atoms with van der Waals surface area (Å²) in [5.41, 5.74) is 0.908. The zero-order chi connectivity index (χ0) is 13.0. The number of likely N-dealkylation sites (tertiary alicyclic amines) is 1. The number of pyridine rings is 1. The van der Waals surface area contributed by atoms with Gasteiger partial charge < -0.3 is 15.3 Å². The Morgan fingerprint density at radius 1 is 1.61 bits per heavy atom. The van der Waals surface area contributed by atoms with Crippen molar-refractivity contribution in [3.8, 4) is 0 Å². The first-order valence-electron chi connectivity index (χ1n) is 5.93. The van der Waals surface area contributed by atoms with Gasteiger partial charge in [-0.05, 0) is 18.1 Å². The third-order valence-corrected chi connectivity index (χ3v) is 3.29. The molecule has 2 amide bonds. The molecule has 5 nitrogen and oxygen atoms in total. The second kappa shape index (κ2) is 6.02. The van der Waals surface area contributed by atoms with Crippen LogP contribution in [0.2, 0.25) is 5.15 Å². The number of amides is 2. The number of nitrogens with one attached hydrogen (secondary N) is 1. The smallest absolute Gasteiger partial charge is 0.317 e. The summed E-state index contributed by atoms with van der Waals surface area (Å²) in [6, 6.07) is 3.43. The molecule has 0 saturated carbocycles. The zero-order valence-electron chi connectivity index (χ0n) is 9.97. The van der Waals surface area contributed by atoms with E-state index in [0.717, 1.165) is 12.0 Å². The fourth-order valence-corrected chi connectivity index (χ4v) is 2.08. The third-order valence-electron chi connectivity index (χ3n) is 3.06. The van der Waals surface area contributed by atoms with E-state index in [-0.39, 0.29) is 18.6 Å². The Hall–Kier alpha value is -1.33. The van der Waals surface area contributed by atoms with Crippen molar-refractivity contribution < 1.29 is 9.90 Å². The molecule has 0 aromatic carbocycles. The van der Waals surface area contributed by atoms with Gasteiger partial charge >= 0.3 is 6.03 Å². The average Bonchev–Trinajstić information content (AvgIpc) is 2.86. The van der Waals surface area contributed by atoms with Gasteiger partial charge in [-0.3, -0.25) is 0 Å². The first kappa shape index (κ1) is 13.1. The van der Waals surface area contributed by atoms with E-state index in [1.807, 2.05) is 6.07 Å². The van der Waals surface area contributed by atoms with Gasteiger partial charge in [-0.1, -0.05) is 17.7 Å². The Morgan fingerprint density at radius 2 is 2.44 bits per heavy atom. The topological polar surface area (TPSA) is 65.5 Å². The Kier molecular flexibility index (Phi) is 4.38. The summed E-state index contributed by atoms with van der Waals surface area (Å²) in [5.74, 6) is 0.216.